The Balaban J connectivity index is 2.64. The molecule has 0 saturated carbocycles. The summed E-state index contributed by atoms with van der Waals surface area (Å²) >= 11 is 0. The summed E-state index contributed by atoms with van der Waals surface area (Å²) in [6, 6.07) is 1.42. The van der Waals surface area contributed by atoms with Crippen molar-refractivity contribution in [3.8, 4) is 0 Å². The second-order valence-corrected chi connectivity index (χ2v) is 4.18. The minimum atomic E-state index is -0.360. The molecule has 5 heteroatoms. The zero-order valence-corrected chi connectivity index (χ0v) is 10.6. The quantitative estimate of drug-likeness (QED) is 0.821. The maximum absolute atomic E-state index is 13.0. The Labute approximate surface area is 102 Å². The molecule has 0 aliphatic carbocycles. The van der Waals surface area contributed by atoms with Gasteiger partial charge in [0.2, 0.25) is 0 Å². The number of halogens is 1. The van der Waals surface area contributed by atoms with Crippen molar-refractivity contribution in [3.05, 3.63) is 23.6 Å². The van der Waals surface area contributed by atoms with Gasteiger partial charge in [-0.15, -0.1) is 0 Å². The summed E-state index contributed by atoms with van der Waals surface area (Å²) in [6.07, 6.45) is 1.41. The molecule has 96 valence electrons. The van der Waals surface area contributed by atoms with Gasteiger partial charge in [-0.05, 0) is 19.9 Å². The summed E-state index contributed by atoms with van der Waals surface area (Å²) < 4.78 is 18.5. The predicted octanol–water partition coefficient (Wildman–Crippen LogP) is 1.54. The highest BCUT2D eigenvalue weighted by molar-refractivity contribution is 5.46. The zero-order valence-electron chi connectivity index (χ0n) is 10.6. The topological polar surface area (TPSA) is 51.4 Å². The van der Waals surface area contributed by atoms with E-state index in [1.54, 1.807) is 0 Å². The van der Waals surface area contributed by atoms with Crippen molar-refractivity contribution in [1.29, 1.82) is 0 Å². The molecule has 0 radical (unpaired) electrons. The van der Waals surface area contributed by atoms with Crippen molar-refractivity contribution in [2.45, 2.75) is 26.5 Å². The highest BCUT2D eigenvalue weighted by atomic mass is 19.1. The van der Waals surface area contributed by atoms with Crippen LogP contribution in [0.1, 0.15) is 19.4 Å². The van der Waals surface area contributed by atoms with Gasteiger partial charge in [0.05, 0.1) is 18.9 Å². The number of ether oxygens (including phenoxy) is 1. The summed E-state index contributed by atoms with van der Waals surface area (Å²) in [4.78, 5) is 5.98. The van der Waals surface area contributed by atoms with Crippen LogP contribution in [-0.4, -0.2) is 31.3 Å². The number of nitrogens with zero attached hydrogens (tertiary/aromatic N) is 2. The second kappa shape index (κ2) is 6.51. The van der Waals surface area contributed by atoms with Crippen molar-refractivity contribution >= 4 is 5.82 Å². The number of hydrogen-bond donors (Lipinski definition) is 1. The average molecular weight is 241 g/mol. The zero-order chi connectivity index (χ0) is 12.8. The summed E-state index contributed by atoms with van der Waals surface area (Å²) in [6.45, 7) is 5.55. The first-order chi connectivity index (χ1) is 8.04. The van der Waals surface area contributed by atoms with Crippen LogP contribution in [0.15, 0.2) is 12.3 Å². The van der Waals surface area contributed by atoms with Gasteiger partial charge in [-0.3, -0.25) is 0 Å². The van der Waals surface area contributed by atoms with Gasteiger partial charge in [-0.2, -0.15) is 0 Å². The molecule has 0 aliphatic rings. The number of aromatic nitrogens is 1. The maximum atomic E-state index is 13.0. The first-order valence-corrected chi connectivity index (χ1v) is 5.71. The lowest BCUT2D eigenvalue weighted by atomic mass is 10.2. The van der Waals surface area contributed by atoms with Crippen LogP contribution in [0.25, 0.3) is 0 Å². The van der Waals surface area contributed by atoms with E-state index in [1.807, 2.05) is 25.8 Å². The van der Waals surface area contributed by atoms with E-state index < -0.39 is 0 Å². The number of pyridine rings is 1. The van der Waals surface area contributed by atoms with E-state index in [0.717, 1.165) is 0 Å². The standard InChI is InChI=1S/C12H20FN3O/c1-9(2)17-5-4-16(3)12-10(7-14)6-11(13)8-15-12/h6,8-9H,4-5,7,14H2,1-3H3. The molecular formula is C12H20FN3O. The van der Waals surface area contributed by atoms with E-state index in [9.17, 15) is 4.39 Å². The van der Waals surface area contributed by atoms with Crippen LogP contribution in [0.4, 0.5) is 10.2 Å². The maximum Gasteiger partial charge on any atom is 0.141 e. The normalized spacial score (nSPS) is 10.9. The molecule has 0 aromatic carbocycles. The molecule has 1 rings (SSSR count). The van der Waals surface area contributed by atoms with Crippen molar-refractivity contribution in [3.63, 3.8) is 0 Å². The van der Waals surface area contributed by atoms with Crippen molar-refractivity contribution < 1.29 is 9.13 Å². The number of rotatable bonds is 6. The lowest BCUT2D eigenvalue weighted by molar-refractivity contribution is 0.0845. The molecule has 17 heavy (non-hydrogen) atoms. The fraction of sp³-hybridized carbons (Fsp3) is 0.583. The van der Waals surface area contributed by atoms with Crippen LogP contribution >= 0.6 is 0 Å². The molecule has 0 bridgehead atoms. The van der Waals surface area contributed by atoms with E-state index in [-0.39, 0.29) is 18.5 Å². The first-order valence-electron chi connectivity index (χ1n) is 5.71. The van der Waals surface area contributed by atoms with Gasteiger partial charge in [0.15, 0.2) is 0 Å². The van der Waals surface area contributed by atoms with Gasteiger partial charge in [0.25, 0.3) is 0 Å². The minimum Gasteiger partial charge on any atom is -0.377 e. The fourth-order valence-corrected chi connectivity index (χ4v) is 1.50. The molecule has 0 amide bonds. The Morgan fingerprint density at radius 1 is 1.53 bits per heavy atom. The lowest BCUT2D eigenvalue weighted by Gasteiger charge is -2.21. The average Bonchev–Trinajstić information content (AvgIpc) is 2.28. The molecule has 0 unspecified atom stereocenters. The Morgan fingerprint density at radius 2 is 2.24 bits per heavy atom. The molecule has 4 nitrogen and oxygen atoms in total. The molecular weight excluding hydrogens is 221 g/mol. The largest absolute Gasteiger partial charge is 0.377 e. The van der Waals surface area contributed by atoms with Crippen LogP contribution in [0.3, 0.4) is 0 Å². The Kier molecular flexibility index (Phi) is 5.31. The van der Waals surface area contributed by atoms with Gasteiger partial charge >= 0.3 is 0 Å². The van der Waals surface area contributed by atoms with E-state index >= 15 is 0 Å². The minimum absolute atomic E-state index is 0.207. The fourth-order valence-electron chi connectivity index (χ4n) is 1.50. The molecule has 0 saturated heterocycles. The highest BCUT2D eigenvalue weighted by Gasteiger charge is 2.09. The number of likely N-dealkylation sites (N-methyl/N-ethyl adjacent to an activating group) is 1. The van der Waals surface area contributed by atoms with E-state index in [1.165, 1.54) is 12.3 Å². The number of nitrogens with two attached hydrogens (primary N) is 1. The smallest absolute Gasteiger partial charge is 0.141 e. The molecule has 2 N–H and O–H groups in total. The van der Waals surface area contributed by atoms with Crippen LogP contribution in [0, 0.1) is 5.82 Å². The third-order valence-corrected chi connectivity index (χ3v) is 2.37. The molecule has 1 aromatic heterocycles. The highest BCUT2D eigenvalue weighted by Crippen LogP contribution is 2.16. The summed E-state index contributed by atoms with van der Waals surface area (Å²) in [5.41, 5.74) is 6.28. The lowest BCUT2D eigenvalue weighted by Crippen LogP contribution is -2.26. The summed E-state index contributed by atoms with van der Waals surface area (Å²) in [5, 5.41) is 0. The van der Waals surface area contributed by atoms with Gasteiger partial charge in [-0.25, -0.2) is 9.37 Å². The molecule has 1 aromatic rings. The summed E-state index contributed by atoms with van der Waals surface area (Å²) in [5.74, 6) is 0.349. The molecule has 0 fully saturated rings. The molecule has 0 aliphatic heterocycles. The van der Waals surface area contributed by atoms with Gasteiger partial charge in [0.1, 0.15) is 11.6 Å². The van der Waals surface area contributed by atoms with Crippen molar-refractivity contribution in [2.24, 2.45) is 5.73 Å². The van der Waals surface area contributed by atoms with Crippen LogP contribution < -0.4 is 10.6 Å². The van der Waals surface area contributed by atoms with E-state index in [0.29, 0.717) is 24.5 Å². The Bertz CT molecular complexity index is 358. The van der Waals surface area contributed by atoms with Crippen LogP contribution in [-0.2, 0) is 11.3 Å². The monoisotopic (exact) mass is 241 g/mol. The van der Waals surface area contributed by atoms with Crippen LogP contribution in [0.2, 0.25) is 0 Å². The summed E-state index contributed by atoms with van der Waals surface area (Å²) in [7, 11) is 1.89. The third kappa shape index (κ3) is 4.28. The van der Waals surface area contributed by atoms with E-state index in [2.05, 4.69) is 4.98 Å². The molecule has 1 heterocycles. The molecule has 0 atom stereocenters. The predicted molar refractivity (Wildman–Crippen MR) is 66.4 cm³/mol. The van der Waals surface area contributed by atoms with E-state index in [4.69, 9.17) is 10.5 Å². The third-order valence-electron chi connectivity index (χ3n) is 2.37. The SMILES string of the molecule is CC(C)OCCN(C)c1ncc(F)cc1CN. The van der Waals surface area contributed by atoms with Gasteiger partial charge < -0.3 is 15.4 Å². The van der Waals surface area contributed by atoms with Crippen LogP contribution in [0.5, 0.6) is 0 Å². The first kappa shape index (κ1) is 13.9. The van der Waals surface area contributed by atoms with Crippen molar-refractivity contribution in [1.82, 2.24) is 4.98 Å². The van der Waals surface area contributed by atoms with Gasteiger partial charge in [-0.1, -0.05) is 0 Å². The Morgan fingerprint density at radius 3 is 2.82 bits per heavy atom. The molecule has 0 spiro atoms. The van der Waals surface area contributed by atoms with Gasteiger partial charge in [0, 0.05) is 25.7 Å². The Hall–Kier alpha value is -1.20. The number of hydrogen-bond acceptors (Lipinski definition) is 4. The second-order valence-electron chi connectivity index (χ2n) is 4.18. The number of anilines is 1. The van der Waals surface area contributed by atoms with Crippen molar-refractivity contribution in [2.75, 3.05) is 25.1 Å².